The molecule has 0 bridgehead atoms. The minimum Gasteiger partial charge on any atom is -0.392 e. The highest BCUT2D eigenvalue weighted by Gasteiger charge is 2.34. The predicted octanol–water partition coefficient (Wildman–Crippen LogP) is 3.48. The first-order valence-corrected chi connectivity index (χ1v) is 7.92. The molecule has 0 radical (unpaired) electrons. The van der Waals surface area contributed by atoms with Crippen LogP contribution >= 0.6 is 0 Å². The Morgan fingerprint density at radius 1 is 1.00 bits per heavy atom. The van der Waals surface area contributed by atoms with Crippen molar-refractivity contribution in [2.45, 2.75) is 90.3 Å². The third-order valence-electron chi connectivity index (χ3n) is 5.10. The molecule has 2 nitrogen and oxygen atoms in total. The van der Waals surface area contributed by atoms with Crippen LogP contribution in [0, 0.1) is 11.3 Å². The molecule has 2 N–H and O–H groups in total. The Hall–Kier alpha value is -0.0800. The Morgan fingerprint density at radius 2 is 1.72 bits per heavy atom. The topological polar surface area (TPSA) is 32.3 Å². The minimum atomic E-state index is -0.116. The van der Waals surface area contributed by atoms with Crippen LogP contribution in [0.4, 0.5) is 0 Å². The summed E-state index contributed by atoms with van der Waals surface area (Å²) < 4.78 is 0. The SMILES string of the molecule is CC1CC(C)(C)CCC1NC1CCCCCC1O. The number of nitrogens with one attached hydrogen (secondary N) is 1. The monoisotopic (exact) mass is 253 g/mol. The molecule has 0 aliphatic heterocycles. The van der Waals surface area contributed by atoms with E-state index in [0.29, 0.717) is 17.5 Å². The highest BCUT2D eigenvalue weighted by atomic mass is 16.3. The van der Waals surface area contributed by atoms with Crippen LogP contribution in [0.15, 0.2) is 0 Å². The van der Waals surface area contributed by atoms with Gasteiger partial charge >= 0.3 is 0 Å². The van der Waals surface area contributed by atoms with Gasteiger partial charge in [0.15, 0.2) is 0 Å². The molecule has 4 atom stereocenters. The number of aliphatic hydroxyl groups excluding tert-OH is 1. The van der Waals surface area contributed by atoms with Crippen molar-refractivity contribution in [2.75, 3.05) is 0 Å². The van der Waals surface area contributed by atoms with E-state index in [4.69, 9.17) is 0 Å². The summed E-state index contributed by atoms with van der Waals surface area (Å²) in [5, 5.41) is 14.0. The standard InChI is InChI=1S/C16H31NO/c1-12-11-16(2,3)10-9-13(12)17-14-7-5-4-6-8-15(14)18/h12-15,17-18H,4-11H2,1-3H3. The largest absolute Gasteiger partial charge is 0.392 e. The van der Waals surface area contributed by atoms with E-state index in [9.17, 15) is 5.11 Å². The lowest BCUT2D eigenvalue weighted by Crippen LogP contribution is -2.50. The fraction of sp³-hybridized carbons (Fsp3) is 1.00. The number of aliphatic hydroxyl groups is 1. The van der Waals surface area contributed by atoms with Crippen LogP contribution in [-0.4, -0.2) is 23.3 Å². The maximum atomic E-state index is 10.2. The van der Waals surface area contributed by atoms with Crippen molar-refractivity contribution in [1.29, 1.82) is 0 Å². The van der Waals surface area contributed by atoms with Gasteiger partial charge in [0.05, 0.1) is 6.10 Å². The van der Waals surface area contributed by atoms with Crippen LogP contribution < -0.4 is 5.32 Å². The van der Waals surface area contributed by atoms with Crippen molar-refractivity contribution >= 4 is 0 Å². The van der Waals surface area contributed by atoms with E-state index >= 15 is 0 Å². The summed E-state index contributed by atoms with van der Waals surface area (Å²) in [6.45, 7) is 7.15. The molecule has 0 amide bonds. The lowest BCUT2D eigenvalue weighted by atomic mass is 9.70. The Balaban J connectivity index is 1.88. The molecular weight excluding hydrogens is 222 g/mol. The third kappa shape index (κ3) is 3.71. The Morgan fingerprint density at radius 3 is 2.44 bits per heavy atom. The van der Waals surface area contributed by atoms with Gasteiger partial charge in [-0.1, -0.05) is 40.0 Å². The first kappa shape index (κ1) is 14.3. The molecule has 2 aliphatic carbocycles. The van der Waals surface area contributed by atoms with Crippen molar-refractivity contribution in [2.24, 2.45) is 11.3 Å². The van der Waals surface area contributed by atoms with Crippen LogP contribution in [0.25, 0.3) is 0 Å². The van der Waals surface area contributed by atoms with Crippen LogP contribution in [-0.2, 0) is 0 Å². The van der Waals surface area contributed by atoms with Crippen molar-refractivity contribution in [3.8, 4) is 0 Å². The first-order chi connectivity index (χ1) is 8.48. The van der Waals surface area contributed by atoms with Gasteiger partial charge in [-0.05, 0) is 43.4 Å². The molecule has 2 heteroatoms. The average Bonchev–Trinajstić information content (AvgIpc) is 2.47. The molecule has 0 aromatic carbocycles. The summed E-state index contributed by atoms with van der Waals surface area (Å²) in [6.07, 6.45) is 9.71. The third-order valence-corrected chi connectivity index (χ3v) is 5.10. The van der Waals surface area contributed by atoms with E-state index < -0.39 is 0 Å². The zero-order valence-electron chi connectivity index (χ0n) is 12.4. The maximum absolute atomic E-state index is 10.2. The van der Waals surface area contributed by atoms with Gasteiger partial charge in [-0.25, -0.2) is 0 Å². The van der Waals surface area contributed by atoms with E-state index in [1.54, 1.807) is 0 Å². The van der Waals surface area contributed by atoms with Gasteiger partial charge in [-0.3, -0.25) is 0 Å². The van der Waals surface area contributed by atoms with E-state index in [1.165, 1.54) is 38.5 Å². The second-order valence-corrected chi connectivity index (χ2v) is 7.47. The van der Waals surface area contributed by atoms with Gasteiger partial charge in [0, 0.05) is 12.1 Å². The van der Waals surface area contributed by atoms with Crippen LogP contribution in [0.5, 0.6) is 0 Å². The molecule has 0 saturated heterocycles. The zero-order chi connectivity index (χ0) is 13.2. The highest BCUT2D eigenvalue weighted by molar-refractivity contribution is 4.90. The molecule has 2 fully saturated rings. The Bertz CT molecular complexity index is 264. The van der Waals surface area contributed by atoms with E-state index in [2.05, 4.69) is 26.1 Å². The molecule has 0 aromatic rings. The molecular formula is C16H31NO. The number of rotatable bonds is 2. The van der Waals surface area contributed by atoms with Crippen LogP contribution in [0.3, 0.4) is 0 Å². The van der Waals surface area contributed by atoms with Crippen LogP contribution in [0.2, 0.25) is 0 Å². The number of hydrogen-bond acceptors (Lipinski definition) is 2. The molecule has 2 rings (SSSR count). The van der Waals surface area contributed by atoms with Gasteiger partial charge in [0.2, 0.25) is 0 Å². The molecule has 2 saturated carbocycles. The van der Waals surface area contributed by atoms with Gasteiger partial charge in [-0.2, -0.15) is 0 Å². The summed E-state index contributed by atoms with van der Waals surface area (Å²) in [4.78, 5) is 0. The fourth-order valence-electron chi connectivity index (χ4n) is 3.95. The van der Waals surface area contributed by atoms with Crippen LogP contribution in [0.1, 0.15) is 72.1 Å². The van der Waals surface area contributed by atoms with E-state index in [0.717, 1.165) is 18.8 Å². The zero-order valence-corrected chi connectivity index (χ0v) is 12.4. The average molecular weight is 253 g/mol. The van der Waals surface area contributed by atoms with Gasteiger partial charge in [0.25, 0.3) is 0 Å². The highest BCUT2D eigenvalue weighted by Crippen LogP contribution is 2.38. The van der Waals surface area contributed by atoms with Crippen molar-refractivity contribution in [1.82, 2.24) is 5.32 Å². The van der Waals surface area contributed by atoms with Gasteiger partial charge in [-0.15, -0.1) is 0 Å². The molecule has 0 heterocycles. The summed E-state index contributed by atoms with van der Waals surface area (Å²) in [6, 6.07) is 0.969. The summed E-state index contributed by atoms with van der Waals surface area (Å²) in [7, 11) is 0. The van der Waals surface area contributed by atoms with Crippen molar-refractivity contribution in [3.05, 3.63) is 0 Å². The van der Waals surface area contributed by atoms with E-state index in [-0.39, 0.29) is 6.10 Å². The van der Waals surface area contributed by atoms with Gasteiger partial charge in [0.1, 0.15) is 0 Å². The smallest absolute Gasteiger partial charge is 0.0693 e. The summed E-state index contributed by atoms with van der Waals surface area (Å²) in [5.41, 5.74) is 0.514. The second kappa shape index (κ2) is 5.92. The normalized spacial score (nSPS) is 41.3. The minimum absolute atomic E-state index is 0.116. The fourth-order valence-corrected chi connectivity index (χ4v) is 3.95. The summed E-state index contributed by atoms with van der Waals surface area (Å²) >= 11 is 0. The number of hydrogen-bond donors (Lipinski definition) is 2. The molecule has 4 unspecified atom stereocenters. The lowest BCUT2D eigenvalue weighted by Gasteiger charge is -2.41. The lowest BCUT2D eigenvalue weighted by molar-refractivity contribution is 0.0851. The molecule has 0 spiro atoms. The molecule has 106 valence electrons. The molecule has 18 heavy (non-hydrogen) atoms. The second-order valence-electron chi connectivity index (χ2n) is 7.47. The summed E-state index contributed by atoms with van der Waals surface area (Å²) in [5.74, 6) is 0.740. The van der Waals surface area contributed by atoms with E-state index in [1.807, 2.05) is 0 Å². The Labute approximate surface area is 113 Å². The van der Waals surface area contributed by atoms with Crippen molar-refractivity contribution < 1.29 is 5.11 Å². The first-order valence-electron chi connectivity index (χ1n) is 7.92. The van der Waals surface area contributed by atoms with Crippen molar-refractivity contribution in [3.63, 3.8) is 0 Å². The van der Waals surface area contributed by atoms with Gasteiger partial charge < -0.3 is 10.4 Å². The Kier molecular flexibility index (Phi) is 4.71. The predicted molar refractivity (Wildman–Crippen MR) is 76.6 cm³/mol. The molecule has 0 aromatic heterocycles. The molecule has 2 aliphatic rings. The quantitative estimate of drug-likeness (QED) is 0.738. The maximum Gasteiger partial charge on any atom is 0.0693 e.